The summed E-state index contributed by atoms with van der Waals surface area (Å²) in [6.07, 6.45) is 7.47. The molecule has 1 saturated heterocycles. The number of piperazine rings is 1. The first kappa shape index (κ1) is 15.3. The zero-order valence-electron chi connectivity index (χ0n) is 13.1. The van der Waals surface area contributed by atoms with Crippen LogP contribution in [0.15, 0.2) is 11.6 Å². The first-order chi connectivity index (χ1) is 10.3. The van der Waals surface area contributed by atoms with Gasteiger partial charge in [0.15, 0.2) is 5.13 Å². The molecule has 21 heavy (non-hydrogen) atoms. The first-order valence-electron chi connectivity index (χ1n) is 8.41. The van der Waals surface area contributed by atoms with E-state index in [4.69, 9.17) is 0 Å². The maximum atomic E-state index is 4.41. The Morgan fingerprint density at radius 3 is 2.62 bits per heavy atom. The zero-order chi connectivity index (χ0) is 14.5. The molecular formula is C16H28N4S. The molecule has 2 fully saturated rings. The topological polar surface area (TPSA) is 31.4 Å². The van der Waals surface area contributed by atoms with Crippen LogP contribution in [-0.2, 0) is 0 Å². The largest absolute Gasteiger partial charge is 0.346 e. The predicted molar refractivity (Wildman–Crippen MR) is 90.2 cm³/mol. The van der Waals surface area contributed by atoms with Gasteiger partial charge in [0.05, 0.1) is 0 Å². The molecule has 0 unspecified atom stereocenters. The fraction of sp³-hybridized carbons (Fsp3) is 0.812. The van der Waals surface area contributed by atoms with Crippen LogP contribution in [0.2, 0.25) is 0 Å². The van der Waals surface area contributed by atoms with Crippen molar-refractivity contribution >= 4 is 16.5 Å². The smallest absolute Gasteiger partial charge is 0.185 e. The molecule has 0 radical (unpaired) electrons. The average molecular weight is 308 g/mol. The lowest BCUT2D eigenvalue weighted by Gasteiger charge is -2.35. The van der Waals surface area contributed by atoms with E-state index in [1.165, 1.54) is 50.4 Å². The number of thiazole rings is 1. The van der Waals surface area contributed by atoms with Crippen LogP contribution in [0.1, 0.15) is 32.6 Å². The molecular weight excluding hydrogens is 280 g/mol. The van der Waals surface area contributed by atoms with E-state index < -0.39 is 0 Å². The molecule has 0 atom stereocenters. The van der Waals surface area contributed by atoms with Crippen molar-refractivity contribution < 1.29 is 0 Å². The Morgan fingerprint density at radius 2 is 1.95 bits per heavy atom. The molecule has 1 aliphatic carbocycles. The molecule has 1 aromatic heterocycles. The van der Waals surface area contributed by atoms with E-state index in [2.05, 4.69) is 32.4 Å². The molecule has 0 bridgehead atoms. The molecule has 0 amide bonds. The molecule has 4 nitrogen and oxygen atoms in total. The lowest BCUT2D eigenvalue weighted by Crippen LogP contribution is -2.49. The number of hydrogen-bond donors (Lipinski definition) is 1. The van der Waals surface area contributed by atoms with Crippen molar-refractivity contribution in [3.8, 4) is 0 Å². The first-order valence-corrected chi connectivity index (χ1v) is 9.29. The van der Waals surface area contributed by atoms with Crippen LogP contribution in [0.4, 0.5) is 5.13 Å². The highest BCUT2D eigenvalue weighted by Gasteiger charge is 2.20. The fourth-order valence-corrected chi connectivity index (χ4v) is 4.12. The van der Waals surface area contributed by atoms with Gasteiger partial charge in [-0.3, -0.25) is 4.90 Å². The van der Waals surface area contributed by atoms with Crippen molar-refractivity contribution in [3.05, 3.63) is 11.6 Å². The molecule has 2 heterocycles. The molecule has 1 N–H and O–H groups in total. The van der Waals surface area contributed by atoms with Gasteiger partial charge in [0, 0.05) is 56.9 Å². The summed E-state index contributed by atoms with van der Waals surface area (Å²) in [6.45, 7) is 9.31. The summed E-state index contributed by atoms with van der Waals surface area (Å²) in [4.78, 5) is 9.41. The van der Waals surface area contributed by atoms with Crippen LogP contribution < -0.4 is 10.2 Å². The Hall–Kier alpha value is -0.650. The van der Waals surface area contributed by atoms with Gasteiger partial charge < -0.3 is 10.2 Å². The maximum Gasteiger partial charge on any atom is 0.185 e. The highest BCUT2D eigenvalue weighted by molar-refractivity contribution is 7.13. The van der Waals surface area contributed by atoms with Gasteiger partial charge in [0.2, 0.25) is 0 Å². The van der Waals surface area contributed by atoms with E-state index in [1.54, 1.807) is 11.3 Å². The molecule has 0 spiro atoms. The van der Waals surface area contributed by atoms with Gasteiger partial charge in [-0.25, -0.2) is 4.98 Å². The van der Waals surface area contributed by atoms with E-state index in [0.717, 1.165) is 31.6 Å². The standard InChI is InChI=1S/C16H28N4S/c1-14-2-4-15(5-3-14)17-6-8-19-9-11-20(12-10-19)16-18-7-13-21-16/h7,13-15,17H,2-6,8-12H2,1H3. The molecule has 1 aliphatic heterocycles. The van der Waals surface area contributed by atoms with Crippen LogP contribution in [0, 0.1) is 5.92 Å². The minimum absolute atomic E-state index is 0.776. The van der Waals surface area contributed by atoms with Gasteiger partial charge in [0.25, 0.3) is 0 Å². The number of aromatic nitrogens is 1. The van der Waals surface area contributed by atoms with Crippen LogP contribution in [0.25, 0.3) is 0 Å². The summed E-state index contributed by atoms with van der Waals surface area (Å²) in [5, 5.41) is 7.01. The number of hydrogen-bond acceptors (Lipinski definition) is 5. The Morgan fingerprint density at radius 1 is 1.19 bits per heavy atom. The summed E-state index contributed by atoms with van der Waals surface area (Å²) in [7, 11) is 0. The van der Waals surface area contributed by atoms with Gasteiger partial charge in [-0.2, -0.15) is 0 Å². The molecule has 2 aliphatic rings. The van der Waals surface area contributed by atoms with Gasteiger partial charge in [-0.15, -0.1) is 11.3 Å². The monoisotopic (exact) mass is 308 g/mol. The molecule has 1 aromatic rings. The summed E-state index contributed by atoms with van der Waals surface area (Å²) in [6, 6.07) is 0.776. The van der Waals surface area contributed by atoms with Crippen LogP contribution in [0.5, 0.6) is 0 Å². The number of nitrogens with one attached hydrogen (secondary N) is 1. The van der Waals surface area contributed by atoms with Crippen LogP contribution >= 0.6 is 11.3 Å². The summed E-state index contributed by atoms with van der Waals surface area (Å²) in [5.41, 5.74) is 0. The quantitative estimate of drug-likeness (QED) is 0.905. The second-order valence-corrected chi connectivity index (χ2v) is 7.43. The van der Waals surface area contributed by atoms with Gasteiger partial charge in [-0.05, 0) is 31.6 Å². The van der Waals surface area contributed by atoms with E-state index in [1.807, 2.05) is 6.20 Å². The highest BCUT2D eigenvalue weighted by Crippen LogP contribution is 2.23. The van der Waals surface area contributed by atoms with Gasteiger partial charge in [0.1, 0.15) is 0 Å². The van der Waals surface area contributed by atoms with Gasteiger partial charge >= 0.3 is 0 Å². The fourth-order valence-electron chi connectivity index (χ4n) is 3.43. The molecule has 1 saturated carbocycles. The van der Waals surface area contributed by atoms with E-state index in [9.17, 15) is 0 Å². The van der Waals surface area contributed by atoms with Crippen LogP contribution in [0.3, 0.4) is 0 Å². The lowest BCUT2D eigenvalue weighted by atomic mass is 9.87. The minimum atomic E-state index is 0.776. The van der Waals surface area contributed by atoms with Crippen molar-refractivity contribution in [1.29, 1.82) is 0 Å². The zero-order valence-corrected chi connectivity index (χ0v) is 13.9. The summed E-state index contributed by atoms with van der Waals surface area (Å²) in [5.74, 6) is 0.946. The van der Waals surface area contributed by atoms with Crippen molar-refractivity contribution in [1.82, 2.24) is 15.2 Å². The summed E-state index contributed by atoms with van der Waals surface area (Å²) >= 11 is 1.75. The second-order valence-electron chi connectivity index (χ2n) is 6.55. The third kappa shape index (κ3) is 4.41. The maximum absolute atomic E-state index is 4.41. The third-order valence-electron chi connectivity index (χ3n) is 4.94. The van der Waals surface area contributed by atoms with Crippen LogP contribution in [-0.4, -0.2) is 55.2 Å². The highest BCUT2D eigenvalue weighted by atomic mass is 32.1. The average Bonchev–Trinajstić information content (AvgIpc) is 3.04. The molecule has 118 valence electrons. The molecule has 5 heteroatoms. The molecule has 3 rings (SSSR count). The number of anilines is 1. The van der Waals surface area contributed by atoms with Crippen molar-refractivity contribution in [2.75, 3.05) is 44.2 Å². The number of rotatable bonds is 5. The van der Waals surface area contributed by atoms with Crippen molar-refractivity contribution in [3.63, 3.8) is 0 Å². The van der Waals surface area contributed by atoms with Crippen molar-refractivity contribution in [2.45, 2.75) is 38.6 Å². The second kappa shape index (κ2) is 7.56. The minimum Gasteiger partial charge on any atom is -0.346 e. The van der Waals surface area contributed by atoms with Crippen molar-refractivity contribution in [2.24, 2.45) is 5.92 Å². The SMILES string of the molecule is CC1CCC(NCCN2CCN(c3nccs3)CC2)CC1. The Balaban J connectivity index is 1.31. The Kier molecular flexibility index (Phi) is 5.49. The predicted octanol–water partition coefficient (Wildman–Crippen LogP) is 2.43. The Bertz CT molecular complexity index is 392. The normalized spacial score (nSPS) is 28.0. The number of nitrogens with zero attached hydrogens (tertiary/aromatic N) is 3. The van der Waals surface area contributed by atoms with E-state index in [-0.39, 0.29) is 0 Å². The van der Waals surface area contributed by atoms with Gasteiger partial charge in [-0.1, -0.05) is 6.92 Å². The lowest BCUT2D eigenvalue weighted by molar-refractivity contribution is 0.242. The summed E-state index contributed by atoms with van der Waals surface area (Å²) < 4.78 is 0. The Labute approximate surface area is 132 Å². The van der Waals surface area contributed by atoms with E-state index >= 15 is 0 Å². The third-order valence-corrected chi connectivity index (χ3v) is 5.77. The van der Waals surface area contributed by atoms with E-state index in [0.29, 0.717) is 0 Å². The molecule has 0 aromatic carbocycles.